The van der Waals surface area contributed by atoms with E-state index in [4.69, 9.17) is 5.11 Å². The summed E-state index contributed by atoms with van der Waals surface area (Å²) in [6, 6.07) is 8.68. The number of likely N-dealkylation sites (tertiary alicyclic amines) is 1. The number of benzene rings is 1. The van der Waals surface area contributed by atoms with Gasteiger partial charge in [0.25, 0.3) is 0 Å². The van der Waals surface area contributed by atoms with Crippen LogP contribution in [-0.4, -0.2) is 29.1 Å². The molecule has 1 N–H and O–H groups in total. The van der Waals surface area contributed by atoms with Crippen LogP contribution in [0.2, 0.25) is 0 Å². The molecule has 0 bridgehead atoms. The van der Waals surface area contributed by atoms with E-state index in [0.717, 1.165) is 23.9 Å². The molecule has 0 saturated carbocycles. The monoisotopic (exact) mass is 297 g/mol. The van der Waals surface area contributed by atoms with Crippen molar-refractivity contribution in [3.63, 3.8) is 0 Å². The van der Waals surface area contributed by atoms with E-state index in [1.165, 1.54) is 5.56 Å². The van der Waals surface area contributed by atoms with Gasteiger partial charge in [-0.2, -0.15) is 0 Å². The van der Waals surface area contributed by atoms with Gasteiger partial charge >= 0.3 is 5.97 Å². The molecule has 0 unspecified atom stereocenters. The maximum absolute atomic E-state index is 10.6. The molecule has 0 aromatic heterocycles. The van der Waals surface area contributed by atoms with Crippen molar-refractivity contribution in [1.82, 2.24) is 4.90 Å². The first kappa shape index (κ1) is 12.6. The van der Waals surface area contributed by atoms with Crippen LogP contribution in [0.25, 0.3) is 0 Å². The second kappa shape index (κ2) is 5.65. The molecule has 1 aliphatic rings. The number of hydrogen-bond donors (Lipinski definition) is 1. The molecule has 0 aliphatic carbocycles. The lowest BCUT2D eigenvalue weighted by Crippen LogP contribution is -2.26. The van der Waals surface area contributed by atoms with Gasteiger partial charge in [-0.1, -0.05) is 28.1 Å². The summed E-state index contributed by atoms with van der Waals surface area (Å²) in [5.74, 6) is -0.718. The molecule has 2 rings (SSSR count). The minimum absolute atomic E-state index is 0.227. The van der Waals surface area contributed by atoms with Gasteiger partial charge in [-0.05, 0) is 37.1 Å². The summed E-state index contributed by atoms with van der Waals surface area (Å²) >= 11 is 3.48. The molecule has 0 radical (unpaired) electrons. The van der Waals surface area contributed by atoms with Gasteiger partial charge in [0.2, 0.25) is 0 Å². The first-order chi connectivity index (χ1) is 8.16. The molecule has 92 valence electrons. The van der Waals surface area contributed by atoms with E-state index in [0.29, 0.717) is 12.6 Å². The average Bonchev–Trinajstić information content (AvgIpc) is 2.74. The van der Waals surface area contributed by atoms with Gasteiger partial charge in [0.05, 0.1) is 6.42 Å². The van der Waals surface area contributed by atoms with Gasteiger partial charge in [0, 0.05) is 17.1 Å². The third-order valence-electron chi connectivity index (χ3n) is 3.21. The third kappa shape index (κ3) is 3.30. The molecule has 3 nitrogen and oxygen atoms in total. The lowest BCUT2D eigenvalue weighted by Gasteiger charge is -2.24. The van der Waals surface area contributed by atoms with Crippen LogP contribution in [0.4, 0.5) is 0 Å². The van der Waals surface area contributed by atoms with Crippen molar-refractivity contribution < 1.29 is 9.90 Å². The Bertz CT molecular complexity index is 408. The van der Waals surface area contributed by atoms with E-state index in [9.17, 15) is 4.79 Å². The summed E-state index contributed by atoms with van der Waals surface area (Å²) < 4.78 is 1.08. The fourth-order valence-electron chi connectivity index (χ4n) is 2.42. The van der Waals surface area contributed by atoms with Crippen molar-refractivity contribution in [2.24, 2.45) is 0 Å². The second-order valence-electron chi connectivity index (χ2n) is 4.39. The van der Waals surface area contributed by atoms with Gasteiger partial charge in [0.1, 0.15) is 0 Å². The summed E-state index contributed by atoms with van der Waals surface area (Å²) in [6.45, 7) is 1.65. The summed E-state index contributed by atoms with van der Waals surface area (Å²) in [4.78, 5) is 12.9. The van der Waals surface area contributed by atoms with Crippen LogP contribution in [-0.2, 0) is 4.79 Å². The first-order valence-corrected chi connectivity index (χ1v) is 6.67. The molecule has 1 atom stereocenters. The Morgan fingerprint density at radius 3 is 3.06 bits per heavy atom. The van der Waals surface area contributed by atoms with Crippen LogP contribution < -0.4 is 0 Å². The molecule has 4 heteroatoms. The Morgan fingerprint density at radius 1 is 1.53 bits per heavy atom. The SMILES string of the molecule is O=C(O)CCN1CCC[C@H]1c1cccc(Br)c1. The topological polar surface area (TPSA) is 40.5 Å². The summed E-state index contributed by atoms with van der Waals surface area (Å²) in [7, 11) is 0. The quantitative estimate of drug-likeness (QED) is 0.928. The number of carbonyl (C=O) groups is 1. The van der Waals surface area contributed by atoms with E-state index in [2.05, 4.69) is 33.0 Å². The molecule has 1 fully saturated rings. The highest BCUT2D eigenvalue weighted by Crippen LogP contribution is 2.32. The molecule has 1 aliphatic heterocycles. The van der Waals surface area contributed by atoms with Crippen molar-refractivity contribution in [2.75, 3.05) is 13.1 Å². The zero-order valence-corrected chi connectivity index (χ0v) is 11.2. The lowest BCUT2D eigenvalue weighted by atomic mass is 10.0. The summed E-state index contributed by atoms with van der Waals surface area (Å²) in [5, 5.41) is 8.74. The standard InChI is InChI=1S/C13H16BrNO2/c14-11-4-1-3-10(9-11)12-5-2-7-15(12)8-6-13(16)17/h1,3-4,9,12H,2,5-8H2,(H,16,17)/t12-/m0/s1. The van der Waals surface area contributed by atoms with Crippen molar-refractivity contribution in [2.45, 2.75) is 25.3 Å². The zero-order chi connectivity index (χ0) is 12.3. The number of hydrogen-bond acceptors (Lipinski definition) is 2. The van der Waals surface area contributed by atoms with Crippen LogP contribution in [0.5, 0.6) is 0 Å². The molecule has 1 saturated heterocycles. The van der Waals surface area contributed by atoms with E-state index in [1.807, 2.05) is 12.1 Å². The largest absolute Gasteiger partial charge is 0.481 e. The predicted octanol–water partition coefficient (Wildman–Crippen LogP) is 3.06. The highest BCUT2D eigenvalue weighted by Gasteiger charge is 2.25. The van der Waals surface area contributed by atoms with Crippen LogP contribution >= 0.6 is 15.9 Å². The Hall–Kier alpha value is -0.870. The Kier molecular flexibility index (Phi) is 4.18. The minimum atomic E-state index is -0.718. The molecule has 1 heterocycles. The number of halogens is 1. The molecule has 17 heavy (non-hydrogen) atoms. The van der Waals surface area contributed by atoms with Crippen LogP contribution in [0.1, 0.15) is 30.9 Å². The van der Waals surface area contributed by atoms with E-state index >= 15 is 0 Å². The van der Waals surface area contributed by atoms with Crippen LogP contribution in [0.15, 0.2) is 28.7 Å². The van der Waals surface area contributed by atoms with Gasteiger partial charge in [-0.3, -0.25) is 9.69 Å². The van der Waals surface area contributed by atoms with Gasteiger partial charge in [-0.25, -0.2) is 0 Å². The molecular formula is C13H16BrNO2. The number of nitrogens with zero attached hydrogens (tertiary/aromatic N) is 1. The van der Waals surface area contributed by atoms with Gasteiger partial charge in [0.15, 0.2) is 0 Å². The highest BCUT2D eigenvalue weighted by molar-refractivity contribution is 9.10. The smallest absolute Gasteiger partial charge is 0.304 e. The van der Waals surface area contributed by atoms with Gasteiger partial charge < -0.3 is 5.11 Å². The van der Waals surface area contributed by atoms with E-state index < -0.39 is 5.97 Å². The first-order valence-electron chi connectivity index (χ1n) is 5.88. The van der Waals surface area contributed by atoms with Crippen LogP contribution in [0, 0.1) is 0 Å². The predicted molar refractivity (Wildman–Crippen MR) is 69.9 cm³/mol. The Labute approximate surface area is 110 Å². The van der Waals surface area contributed by atoms with Crippen molar-refractivity contribution >= 4 is 21.9 Å². The number of rotatable bonds is 4. The van der Waals surface area contributed by atoms with Crippen LogP contribution in [0.3, 0.4) is 0 Å². The lowest BCUT2D eigenvalue weighted by molar-refractivity contribution is -0.137. The fourth-order valence-corrected chi connectivity index (χ4v) is 2.84. The molecule has 1 aromatic carbocycles. The normalized spacial score (nSPS) is 20.6. The zero-order valence-electron chi connectivity index (χ0n) is 9.60. The molecule has 0 amide bonds. The second-order valence-corrected chi connectivity index (χ2v) is 5.31. The van der Waals surface area contributed by atoms with E-state index in [-0.39, 0.29) is 6.42 Å². The maximum Gasteiger partial charge on any atom is 0.304 e. The number of carboxylic acid groups (broad SMARTS) is 1. The maximum atomic E-state index is 10.6. The average molecular weight is 298 g/mol. The molecular weight excluding hydrogens is 282 g/mol. The fraction of sp³-hybridized carbons (Fsp3) is 0.462. The van der Waals surface area contributed by atoms with E-state index in [1.54, 1.807) is 0 Å². The molecule has 0 spiro atoms. The third-order valence-corrected chi connectivity index (χ3v) is 3.70. The Balaban J connectivity index is 2.06. The van der Waals surface area contributed by atoms with Crippen molar-refractivity contribution in [3.8, 4) is 0 Å². The summed E-state index contributed by atoms with van der Waals surface area (Å²) in [5.41, 5.74) is 1.28. The minimum Gasteiger partial charge on any atom is -0.481 e. The summed E-state index contributed by atoms with van der Waals surface area (Å²) in [6.07, 6.45) is 2.50. The number of aliphatic carboxylic acids is 1. The Morgan fingerprint density at radius 2 is 2.35 bits per heavy atom. The molecule has 1 aromatic rings. The van der Waals surface area contributed by atoms with Crippen molar-refractivity contribution in [3.05, 3.63) is 34.3 Å². The van der Waals surface area contributed by atoms with Gasteiger partial charge in [-0.15, -0.1) is 0 Å². The van der Waals surface area contributed by atoms with Crippen molar-refractivity contribution in [1.29, 1.82) is 0 Å². The highest BCUT2D eigenvalue weighted by atomic mass is 79.9. The number of carboxylic acids is 1.